The summed E-state index contributed by atoms with van der Waals surface area (Å²) < 4.78 is 69.0. The molecule has 2 aliphatic heterocycles. The van der Waals surface area contributed by atoms with Gasteiger partial charge in [0, 0.05) is 31.7 Å². The first-order valence-electron chi connectivity index (χ1n) is 10.6. The smallest absolute Gasteiger partial charge is 0.417 e. The number of sulfone groups is 1. The van der Waals surface area contributed by atoms with Gasteiger partial charge in [0.15, 0.2) is 9.84 Å². The third-order valence-electron chi connectivity index (χ3n) is 6.10. The fourth-order valence-corrected chi connectivity index (χ4v) is 4.75. The van der Waals surface area contributed by atoms with E-state index in [-0.39, 0.29) is 34.9 Å². The van der Waals surface area contributed by atoms with Gasteiger partial charge in [-0.3, -0.25) is 4.79 Å². The zero-order chi connectivity index (χ0) is 24.7. The predicted molar refractivity (Wildman–Crippen MR) is 117 cm³/mol. The number of hydrogen-bond donors (Lipinski definition) is 1. The number of benzene rings is 2. The molecular formula is C23H23F3N2O5S. The highest BCUT2D eigenvalue weighted by Crippen LogP contribution is 2.39. The summed E-state index contributed by atoms with van der Waals surface area (Å²) in [6.45, 7) is 1.29. The lowest BCUT2D eigenvalue weighted by Gasteiger charge is -2.40. The molecule has 7 nitrogen and oxygen atoms in total. The van der Waals surface area contributed by atoms with Crippen molar-refractivity contribution in [2.75, 3.05) is 26.0 Å². The van der Waals surface area contributed by atoms with Crippen LogP contribution < -0.4 is 5.32 Å². The molecule has 2 heterocycles. The highest BCUT2D eigenvalue weighted by molar-refractivity contribution is 7.90. The van der Waals surface area contributed by atoms with Crippen LogP contribution in [0, 0.1) is 0 Å². The second-order valence-electron chi connectivity index (χ2n) is 8.57. The number of amides is 2. The number of alkyl carbamates (subject to hydrolysis) is 1. The molecule has 0 aromatic heterocycles. The van der Waals surface area contributed by atoms with E-state index in [0.717, 1.165) is 11.8 Å². The van der Waals surface area contributed by atoms with Crippen molar-refractivity contribution < 1.29 is 35.9 Å². The standard InChI is InChI=1S/C23H23F3N2O5S/c1-34(31,32)18-7-8-19(20(10-18)23(24,25)26)15-4-2-14(3-5-15)16-11-28(12-16)21(29)9-6-17-13-33-22(30)27-17/h2-5,7-8,10,16-17H,6,9,11-13H2,1H3,(H,27,30)/t17-/m1/s1. The van der Waals surface area contributed by atoms with Gasteiger partial charge < -0.3 is 15.0 Å². The van der Waals surface area contributed by atoms with Crippen LogP contribution in [-0.4, -0.2) is 57.3 Å². The number of ether oxygens (including phenoxy) is 1. The van der Waals surface area contributed by atoms with E-state index in [1.165, 1.54) is 12.1 Å². The maximum atomic E-state index is 13.6. The number of carbonyl (C=O) groups excluding carboxylic acids is 2. The van der Waals surface area contributed by atoms with Crippen molar-refractivity contribution >= 4 is 21.8 Å². The second kappa shape index (κ2) is 8.94. The second-order valence-corrected chi connectivity index (χ2v) is 10.6. The Morgan fingerprint density at radius 1 is 1.15 bits per heavy atom. The summed E-state index contributed by atoms with van der Waals surface area (Å²) in [4.78, 5) is 24.7. The minimum atomic E-state index is -4.71. The van der Waals surface area contributed by atoms with Gasteiger partial charge in [-0.05, 0) is 35.2 Å². The number of alkyl halides is 3. The van der Waals surface area contributed by atoms with Crippen LogP contribution in [0.2, 0.25) is 0 Å². The Hall–Kier alpha value is -3.08. The molecule has 2 fully saturated rings. The van der Waals surface area contributed by atoms with Gasteiger partial charge in [-0.25, -0.2) is 13.2 Å². The van der Waals surface area contributed by atoms with Gasteiger partial charge in [0.2, 0.25) is 5.91 Å². The average Bonchev–Trinajstić information content (AvgIpc) is 3.15. The molecule has 0 aliphatic carbocycles. The van der Waals surface area contributed by atoms with Crippen LogP contribution in [0.4, 0.5) is 18.0 Å². The summed E-state index contributed by atoms with van der Waals surface area (Å²) in [6, 6.07) is 9.48. The van der Waals surface area contributed by atoms with Crippen molar-refractivity contribution in [3.63, 3.8) is 0 Å². The van der Waals surface area contributed by atoms with Gasteiger partial charge in [-0.2, -0.15) is 13.2 Å². The molecule has 4 rings (SSSR count). The maximum absolute atomic E-state index is 13.6. The minimum absolute atomic E-state index is 0.0187. The number of carbonyl (C=O) groups is 2. The summed E-state index contributed by atoms with van der Waals surface area (Å²) in [5.74, 6) is 0.0667. The van der Waals surface area contributed by atoms with Gasteiger partial charge in [0.05, 0.1) is 16.5 Å². The zero-order valence-corrected chi connectivity index (χ0v) is 19.1. The van der Waals surface area contributed by atoms with Crippen molar-refractivity contribution in [3.05, 3.63) is 53.6 Å². The molecule has 1 N–H and O–H groups in total. The Balaban J connectivity index is 1.40. The largest absolute Gasteiger partial charge is 0.447 e. The molecule has 182 valence electrons. The molecule has 0 spiro atoms. The van der Waals surface area contributed by atoms with Crippen molar-refractivity contribution in [1.29, 1.82) is 0 Å². The van der Waals surface area contributed by atoms with E-state index in [1.54, 1.807) is 29.2 Å². The van der Waals surface area contributed by atoms with Crippen LogP contribution in [0.15, 0.2) is 47.4 Å². The molecule has 11 heteroatoms. The lowest BCUT2D eigenvalue weighted by Crippen LogP contribution is -2.48. The quantitative estimate of drug-likeness (QED) is 0.660. The van der Waals surface area contributed by atoms with Crippen molar-refractivity contribution in [1.82, 2.24) is 10.2 Å². The molecule has 0 saturated carbocycles. The SMILES string of the molecule is CS(=O)(=O)c1ccc(-c2ccc(C3CN(C(=O)CC[C@@H]4COC(=O)N4)C3)cc2)c(C(F)(F)F)c1. The van der Waals surface area contributed by atoms with Crippen molar-refractivity contribution in [2.24, 2.45) is 0 Å². The highest BCUT2D eigenvalue weighted by Gasteiger charge is 2.35. The summed E-state index contributed by atoms with van der Waals surface area (Å²) in [5, 5.41) is 2.63. The van der Waals surface area contributed by atoms with Crippen LogP contribution in [0.25, 0.3) is 11.1 Å². The fraction of sp³-hybridized carbons (Fsp3) is 0.391. The predicted octanol–water partition coefficient (Wildman–Crippen LogP) is 3.59. The number of hydrogen-bond acceptors (Lipinski definition) is 5. The third kappa shape index (κ3) is 5.19. The molecule has 34 heavy (non-hydrogen) atoms. The number of likely N-dealkylation sites (tertiary alicyclic amines) is 1. The normalized spacial score (nSPS) is 18.9. The fourth-order valence-electron chi connectivity index (χ4n) is 4.11. The number of halogens is 3. The van der Waals surface area contributed by atoms with E-state index in [0.29, 0.717) is 37.6 Å². The lowest BCUT2D eigenvalue weighted by atomic mass is 9.89. The van der Waals surface area contributed by atoms with Gasteiger partial charge in [0.1, 0.15) is 6.61 Å². The van der Waals surface area contributed by atoms with E-state index in [1.807, 2.05) is 0 Å². The number of nitrogens with one attached hydrogen (secondary N) is 1. The number of nitrogens with zero attached hydrogens (tertiary/aromatic N) is 1. The summed E-state index contributed by atoms with van der Waals surface area (Å²) >= 11 is 0. The molecule has 2 aliphatic rings. The summed E-state index contributed by atoms with van der Waals surface area (Å²) in [6.07, 6.45) is -3.52. The minimum Gasteiger partial charge on any atom is -0.447 e. The number of rotatable bonds is 6. The number of cyclic esters (lactones) is 1. The first-order chi connectivity index (χ1) is 15.9. The van der Waals surface area contributed by atoms with E-state index in [2.05, 4.69) is 5.32 Å². The summed E-state index contributed by atoms with van der Waals surface area (Å²) in [5.41, 5.74) is 0.127. The van der Waals surface area contributed by atoms with Crippen LogP contribution in [0.5, 0.6) is 0 Å². The Kier molecular flexibility index (Phi) is 6.32. The average molecular weight is 497 g/mol. The summed E-state index contributed by atoms with van der Waals surface area (Å²) in [7, 11) is -3.78. The Bertz CT molecular complexity index is 1210. The van der Waals surface area contributed by atoms with E-state index >= 15 is 0 Å². The Morgan fingerprint density at radius 2 is 1.82 bits per heavy atom. The molecule has 2 aromatic rings. The first kappa shape index (κ1) is 24.1. The molecule has 0 unspecified atom stereocenters. The van der Waals surface area contributed by atoms with Gasteiger partial charge >= 0.3 is 12.3 Å². The molecule has 1 atom stereocenters. The van der Waals surface area contributed by atoms with E-state index in [9.17, 15) is 31.2 Å². The topological polar surface area (TPSA) is 92.8 Å². The highest BCUT2D eigenvalue weighted by atomic mass is 32.2. The Morgan fingerprint density at radius 3 is 2.38 bits per heavy atom. The van der Waals surface area contributed by atoms with Crippen LogP contribution in [-0.2, 0) is 25.5 Å². The van der Waals surface area contributed by atoms with Gasteiger partial charge in [0.25, 0.3) is 0 Å². The van der Waals surface area contributed by atoms with Crippen molar-refractivity contribution in [3.8, 4) is 11.1 Å². The van der Waals surface area contributed by atoms with Crippen LogP contribution in [0.1, 0.15) is 29.9 Å². The van der Waals surface area contributed by atoms with Crippen LogP contribution in [0.3, 0.4) is 0 Å². The third-order valence-corrected chi connectivity index (χ3v) is 7.21. The van der Waals surface area contributed by atoms with Gasteiger partial charge in [-0.15, -0.1) is 0 Å². The monoisotopic (exact) mass is 496 g/mol. The molecule has 0 radical (unpaired) electrons. The lowest BCUT2D eigenvalue weighted by molar-refractivity contribution is -0.137. The first-order valence-corrected chi connectivity index (χ1v) is 12.5. The Labute approximate surface area is 194 Å². The molecule has 0 bridgehead atoms. The van der Waals surface area contributed by atoms with E-state index < -0.39 is 27.7 Å². The molecular weight excluding hydrogens is 473 g/mol. The molecule has 2 aromatic carbocycles. The molecule has 2 saturated heterocycles. The van der Waals surface area contributed by atoms with E-state index in [4.69, 9.17) is 4.74 Å². The van der Waals surface area contributed by atoms with Gasteiger partial charge in [-0.1, -0.05) is 30.3 Å². The zero-order valence-electron chi connectivity index (χ0n) is 18.3. The van der Waals surface area contributed by atoms with Crippen LogP contribution >= 0.6 is 0 Å². The van der Waals surface area contributed by atoms with Crippen molar-refractivity contribution in [2.45, 2.75) is 35.9 Å². The maximum Gasteiger partial charge on any atom is 0.417 e. The molecule has 2 amide bonds.